The molecule has 0 heterocycles. The average molecular weight is 285 g/mol. The lowest BCUT2D eigenvalue weighted by molar-refractivity contribution is -0.474. The third-order valence-corrected chi connectivity index (χ3v) is 2.74. The van der Waals surface area contributed by atoms with E-state index in [1.807, 2.05) is 37.7 Å². The van der Waals surface area contributed by atoms with Crippen LogP contribution >= 0.6 is 15.9 Å². The highest BCUT2D eigenvalue weighted by Crippen LogP contribution is 2.10. The number of hydrogen-bond acceptors (Lipinski definition) is 2. The molecule has 0 saturated carbocycles. The van der Waals surface area contributed by atoms with E-state index in [9.17, 15) is 4.79 Å². The number of ether oxygens (including phenoxy) is 1. The van der Waals surface area contributed by atoms with Crippen molar-refractivity contribution in [3.8, 4) is 0 Å². The first-order valence-electron chi connectivity index (χ1n) is 4.93. The zero-order chi connectivity index (χ0) is 12.1. The molecule has 0 N–H and O–H groups in total. The number of ketones is 1. The second kappa shape index (κ2) is 5.80. The SMILES string of the molecule is CC(OCC(=O)c1ccc(Br)cc1)=[N+](C)C. The van der Waals surface area contributed by atoms with Crippen LogP contribution in [0.15, 0.2) is 28.7 Å². The number of Topliss-reactive ketones (excluding diaryl/α,β-unsaturated/α-hetero) is 1. The van der Waals surface area contributed by atoms with Crippen LogP contribution in [0.2, 0.25) is 0 Å². The fraction of sp³-hybridized carbons (Fsp3) is 0.333. The highest BCUT2D eigenvalue weighted by molar-refractivity contribution is 9.10. The maximum absolute atomic E-state index is 11.7. The van der Waals surface area contributed by atoms with Gasteiger partial charge in [0.1, 0.15) is 14.1 Å². The first kappa shape index (κ1) is 12.9. The van der Waals surface area contributed by atoms with Crippen LogP contribution in [0.5, 0.6) is 0 Å². The number of halogens is 1. The van der Waals surface area contributed by atoms with Gasteiger partial charge in [-0.15, -0.1) is 0 Å². The van der Waals surface area contributed by atoms with E-state index in [1.165, 1.54) is 0 Å². The van der Waals surface area contributed by atoms with Gasteiger partial charge in [0.15, 0.2) is 12.4 Å². The predicted molar refractivity (Wildman–Crippen MR) is 67.2 cm³/mol. The Hall–Kier alpha value is -1.16. The molecule has 0 spiro atoms. The van der Waals surface area contributed by atoms with Crippen LogP contribution in [0.4, 0.5) is 0 Å². The van der Waals surface area contributed by atoms with Gasteiger partial charge in [0.2, 0.25) is 0 Å². The Bertz CT molecular complexity index is 406. The summed E-state index contributed by atoms with van der Waals surface area (Å²) in [5, 5.41) is 0. The second-order valence-corrected chi connectivity index (χ2v) is 4.55. The van der Waals surface area contributed by atoms with Gasteiger partial charge in [-0.3, -0.25) is 4.79 Å². The summed E-state index contributed by atoms with van der Waals surface area (Å²) in [7, 11) is 3.75. The van der Waals surface area contributed by atoms with Crippen molar-refractivity contribution >= 4 is 27.6 Å². The number of nitrogens with zero attached hydrogens (tertiary/aromatic N) is 1. The molecule has 0 radical (unpaired) electrons. The molecule has 0 aliphatic rings. The predicted octanol–water partition coefficient (Wildman–Crippen LogP) is 2.34. The first-order chi connectivity index (χ1) is 7.50. The summed E-state index contributed by atoms with van der Waals surface area (Å²) in [5.41, 5.74) is 0.662. The van der Waals surface area contributed by atoms with Crippen molar-refractivity contribution in [3.63, 3.8) is 0 Å². The molecule has 4 heteroatoms. The molecule has 0 unspecified atom stereocenters. The Kier molecular flexibility index (Phi) is 4.68. The van der Waals surface area contributed by atoms with Gasteiger partial charge >= 0.3 is 5.90 Å². The summed E-state index contributed by atoms with van der Waals surface area (Å²) in [6, 6.07) is 7.24. The van der Waals surface area contributed by atoms with Crippen molar-refractivity contribution in [2.75, 3.05) is 20.7 Å². The minimum atomic E-state index is -0.0197. The quantitative estimate of drug-likeness (QED) is 0.369. The van der Waals surface area contributed by atoms with Crippen LogP contribution in [-0.4, -0.2) is 37.0 Å². The van der Waals surface area contributed by atoms with Gasteiger partial charge in [0.05, 0.1) is 6.92 Å². The Morgan fingerprint density at radius 1 is 1.31 bits per heavy atom. The molecule has 1 aromatic carbocycles. The van der Waals surface area contributed by atoms with Crippen LogP contribution in [-0.2, 0) is 4.74 Å². The molecule has 86 valence electrons. The number of rotatable bonds is 3. The Balaban J connectivity index is 2.60. The third kappa shape index (κ3) is 3.77. The molecule has 3 nitrogen and oxygen atoms in total. The topological polar surface area (TPSA) is 29.3 Å². The molecule has 1 aromatic rings. The van der Waals surface area contributed by atoms with Gasteiger partial charge in [0.25, 0.3) is 0 Å². The lowest BCUT2D eigenvalue weighted by Crippen LogP contribution is -2.18. The van der Waals surface area contributed by atoms with Gasteiger partial charge in [-0.25, -0.2) is 4.58 Å². The van der Waals surface area contributed by atoms with Gasteiger partial charge in [-0.2, -0.15) is 0 Å². The van der Waals surface area contributed by atoms with E-state index in [1.54, 1.807) is 12.1 Å². The van der Waals surface area contributed by atoms with Gasteiger partial charge in [-0.1, -0.05) is 28.1 Å². The number of benzene rings is 1. The minimum Gasteiger partial charge on any atom is -0.440 e. The summed E-state index contributed by atoms with van der Waals surface area (Å²) in [6.45, 7) is 1.90. The molecule has 0 fully saturated rings. The van der Waals surface area contributed by atoms with Crippen molar-refractivity contribution < 1.29 is 14.1 Å². The van der Waals surface area contributed by atoms with Crippen molar-refractivity contribution in [1.82, 2.24) is 0 Å². The first-order valence-corrected chi connectivity index (χ1v) is 5.72. The van der Waals surface area contributed by atoms with E-state index in [0.29, 0.717) is 5.56 Å². The van der Waals surface area contributed by atoms with Crippen LogP contribution in [0.1, 0.15) is 17.3 Å². The fourth-order valence-corrected chi connectivity index (χ4v) is 1.28. The molecule has 0 bridgehead atoms. The van der Waals surface area contributed by atoms with Crippen molar-refractivity contribution in [2.45, 2.75) is 6.92 Å². The number of carbonyl (C=O) groups is 1. The van der Waals surface area contributed by atoms with Crippen molar-refractivity contribution in [2.24, 2.45) is 0 Å². The van der Waals surface area contributed by atoms with E-state index < -0.39 is 0 Å². The highest BCUT2D eigenvalue weighted by Gasteiger charge is 2.09. The average Bonchev–Trinajstić information content (AvgIpc) is 2.26. The maximum atomic E-state index is 11.7. The standard InChI is InChI=1S/C12H15BrNO2/c1-9(14(2)3)16-8-12(15)10-4-6-11(13)7-5-10/h4-7H,8H2,1-3H3/q+1. The van der Waals surface area contributed by atoms with Crippen LogP contribution in [0.25, 0.3) is 0 Å². The fourth-order valence-electron chi connectivity index (χ4n) is 1.02. The van der Waals surface area contributed by atoms with Gasteiger partial charge < -0.3 is 4.74 Å². The normalized spacial score (nSPS) is 9.75. The molecule has 0 aliphatic heterocycles. The van der Waals surface area contributed by atoms with E-state index in [2.05, 4.69) is 15.9 Å². The maximum Gasteiger partial charge on any atom is 0.333 e. The molecule has 0 atom stereocenters. The minimum absolute atomic E-state index is 0.0197. The molecule has 0 aliphatic carbocycles. The molecule has 1 rings (SSSR count). The zero-order valence-electron chi connectivity index (χ0n) is 9.66. The van der Waals surface area contributed by atoms with Crippen LogP contribution < -0.4 is 0 Å². The summed E-state index contributed by atoms with van der Waals surface area (Å²) in [5.74, 6) is 0.708. The Morgan fingerprint density at radius 2 is 1.88 bits per heavy atom. The summed E-state index contributed by atoms with van der Waals surface area (Å²) in [4.78, 5) is 11.7. The number of hydrogen-bond donors (Lipinski definition) is 0. The Labute approximate surface area is 104 Å². The smallest absolute Gasteiger partial charge is 0.333 e. The molecule has 16 heavy (non-hydrogen) atoms. The van der Waals surface area contributed by atoms with E-state index in [4.69, 9.17) is 4.74 Å². The van der Waals surface area contributed by atoms with Crippen LogP contribution in [0, 0.1) is 0 Å². The van der Waals surface area contributed by atoms with Gasteiger partial charge in [-0.05, 0) is 12.1 Å². The van der Waals surface area contributed by atoms with Crippen molar-refractivity contribution in [1.29, 1.82) is 0 Å². The lowest BCUT2D eigenvalue weighted by Gasteiger charge is -2.03. The zero-order valence-corrected chi connectivity index (χ0v) is 11.2. The monoisotopic (exact) mass is 284 g/mol. The number of carbonyl (C=O) groups excluding carboxylic acids is 1. The van der Waals surface area contributed by atoms with Crippen LogP contribution in [0.3, 0.4) is 0 Å². The van der Waals surface area contributed by atoms with Crippen molar-refractivity contribution in [3.05, 3.63) is 34.3 Å². The van der Waals surface area contributed by atoms with E-state index in [0.717, 1.165) is 10.4 Å². The van der Waals surface area contributed by atoms with Gasteiger partial charge in [0, 0.05) is 10.0 Å². The highest BCUT2D eigenvalue weighted by atomic mass is 79.9. The third-order valence-electron chi connectivity index (χ3n) is 2.21. The molecule has 0 aromatic heterocycles. The Morgan fingerprint density at radius 3 is 2.38 bits per heavy atom. The molecular weight excluding hydrogens is 270 g/mol. The lowest BCUT2D eigenvalue weighted by atomic mass is 10.1. The van der Waals surface area contributed by atoms with E-state index in [-0.39, 0.29) is 12.4 Å². The summed E-state index contributed by atoms with van der Waals surface area (Å²) in [6.07, 6.45) is 0. The molecular formula is C12H15BrNO2+. The summed E-state index contributed by atoms with van der Waals surface area (Å²) >= 11 is 3.32. The van der Waals surface area contributed by atoms with E-state index >= 15 is 0 Å². The second-order valence-electron chi connectivity index (χ2n) is 3.63. The summed E-state index contributed by atoms with van der Waals surface area (Å²) < 4.78 is 8.12. The largest absolute Gasteiger partial charge is 0.440 e. The molecule has 0 saturated heterocycles. The molecule has 0 amide bonds.